The molecule has 0 amide bonds. The molecule has 5 nitrogen and oxygen atoms in total. The SMILES string of the molecule is Fc1ccc(F)c(Nc2nc3cc4c(cc3[nH]2)OCCO4)c1. The van der Waals surface area contributed by atoms with Crippen molar-refractivity contribution in [2.75, 3.05) is 18.5 Å². The smallest absolute Gasteiger partial charge is 0.205 e. The summed E-state index contributed by atoms with van der Waals surface area (Å²) in [6, 6.07) is 6.69. The van der Waals surface area contributed by atoms with Crippen LogP contribution in [-0.4, -0.2) is 23.2 Å². The van der Waals surface area contributed by atoms with Crippen molar-refractivity contribution in [1.82, 2.24) is 9.97 Å². The Kier molecular flexibility index (Phi) is 2.85. The summed E-state index contributed by atoms with van der Waals surface area (Å²) < 4.78 is 37.8. The van der Waals surface area contributed by atoms with Crippen LogP contribution in [0.25, 0.3) is 11.0 Å². The number of aromatic nitrogens is 2. The molecule has 0 bridgehead atoms. The molecule has 22 heavy (non-hydrogen) atoms. The minimum atomic E-state index is -0.562. The van der Waals surface area contributed by atoms with Crippen molar-refractivity contribution in [3.8, 4) is 11.5 Å². The van der Waals surface area contributed by atoms with Gasteiger partial charge in [0.25, 0.3) is 0 Å². The van der Waals surface area contributed by atoms with Gasteiger partial charge in [-0.1, -0.05) is 0 Å². The predicted octanol–water partition coefficient (Wildman–Crippen LogP) is 3.36. The van der Waals surface area contributed by atoms with Crippen molar-refractivity contribution in [2.24, 2.45) is 0 Å². The highest BCUT2D eigenvalue weighted by molar-refractivity contribution is 5.82. The van der Waals surface area contributed by atoms with Gasteiger partial charge < -0.3 is 19.8 Å². The Morgan fingerprint density at radius 3 is 2.64 bits per heavy atom. The number of hydrogen-bond donors (Lipinski definition) is 2. The molecule has 0 saturated heterocycles. The third-order valence-corrected chi connectivity index (χ3v) is 3.33. The van der Waals surface area contributed by atoms with Gasteiger partial charge in [0.1, 0.15) is 24.8 Å². The van der Waals surface area contributed by atoms with Crippen LogP contribution < -0.4 is 14.8 Å². The second-order valence-corrected chi connectivity index (χ2v) is 4.85. The molecule has 0 spiro atoms. The zero-order valence-electron chi connectivity index (χ0n) is 11.3. The first-order valence-corrected chi connectivity index (χ1v) is 6.70. The molecule has 0 unspecified atom stereocenters. The molecule has 3 aromatic rings. The van der Waals surface area contributed by atoms with Crippen LogP contribution in [0.4, 0.5) is 20.4 Å². The highest BCUT2D eigenvalue weighted by Crippen LogP contribution is 2.34. The number of rotatable bonds is 2. The van der Waals surface area contributed by atoms with Crippen molar-refractivity contribution < 1.29 is 18.3 Å². The van der Waals surface area contributed by atoms with Gasteiger partial charge in [0.2, 0.25) is 5.95 Å². The third kappa shape index (κ3) is 2.20. The molecule has 0 fully saturated rings. The van der Waals surface area contributed by atoms with E-state index >= 15 is 0 Å². The van der Waals surface area contributed by atoms with Gasteiger partial charge in [0, 0.05) is 18.2 Å². The first-order valence-electron chi connectivity index (χ1n) is 6.70. The summed E-state index contributed by atoms with van der Waals surface area (Å²) in [6.07, 6.45) is 0. The molecule has 0 saturated carbocycles. The molecule has 1 aliphatic rings. The lowest BCUT2D eigenvalue weighted by atomic mass is 10.2. The molecular weight excluding hydrogens is 292 g/mol. The number of fused-ring (bicyclic) bond motifs is 2. The number of anilines is 2. The van der Waals surface area contributed by atoms with E-state index in [1.54, 1.807) is 12.1 Å². The molecule has 2 aromatic carbocycles. The van der Waals surface area contributed by atoms with Crippen LogP contribution in [0.15, 0.2) is 30.3 Å². The first kappa shape index (κ1) is 12.9. The Balaban J connectivity index is 1.72. The van der Waals surface area contributed by atoms with Gasteiger partial charge >= 0.3 is 0 Å². The van der Waals surface area contributed by atoms with E-state index in [0.29, 0.717) is 41.7 Å². The normalized spacial score (nSPS) is 13.4. The maximum Gasteiger partial charge on any atom is 0.205 e. The number of nitrogens with one attached hydrogen (secondary N) is 2. The van der Waals surface area contributed by atoms with E-state index in [1.807, 2.05) is 0 Å². The standard InChI is InChI=1S/C15H11F2N3O2/c16-8-1-2-9(17)10(5-8)18-15-19-11-6-13-14(7-12(11)20-15)22-4-3-21-13/h1-2,5-7H,3-4H2,(H2,18,19,20). The molecular formula is C15H11F2N3O2. The van der Waals surface area contributed by atoms with Crippen LogP contribution in [0.1, 0.15) is 0 Å². The number of halogens is 2. The van der Waals surface area contributed by atoms with E-state index < -0.39 is 11.6 Å². The number of ether oxygens (including phenoxy) is 2. The summed E-state index contributed by atoms with van der Waals surface area (Å²) >= 11 is 0. The molecule has 0 atom stereocenters. The molecule has 4 rings (SSSR count). The second-order valence-electron chi connectivity index (χ2n) is 4.85. The minimum absolute atomic E-state index is 0.0105. The third-order valence-electron chi connectivity index (χ3n) is 3.33. The molecule has 1 aliphatic heterocycles. The van der Waals surface area contributed by atoms with Crippen molar-refractivity contribution >= 4 is 22.7 Å². The van der Waals surface area contributed by atoms with E-state index in [1.165, 1.54) is 0 Å². The number of nitrogens with zero attached hydrogens (tertiary/aromatic N) is 1. The topological polar surface area (TPSA) is 59.2 Å². The average molecular weight is 303 g/mol. The van der Waals surface area contributed by atoms with Crippen LogP contribution in [0.2, 0.25) is 0 Å². The van der Waals surface area contributed by atoms with Gasteiger partial charge in [-0.3, -0.25) is 0 Å². The molecule has 0 aliphatic carbocycles. The fourth-order valence-electron chi connectivity index (χ4n) is 2.33. The highest BCUT2D eigenvalue weighted by Gasteiger charge is 2.15. The van der Waals surface area contributed by atoms with Gasteiger partial charge in [0.15, 0.2) is 11.5 Å². The molecule has 2 N–H and O–H groups in total. The molecule has 112 valence electrons. The van der Waals surface area contributed by atoms with Crippen LogP contribution in [-0.2, 0) is 0 Å². The van der Waals surface area contributed by atoms with Crippen molar-refractivity contribution in [2.45, 2.75) is 0 Å². The maximum atomic E-state index is 13.6. The van der Waals surface area contributed by atoms with E-state index in [9.17, 15) is 8.78 Å². The number of imidazole rings is 1. The van der Waals surface area contributed by atoms with E-state index in [-0.39, 0.29) is 5.69 Å². The molecule has 2 heterocycles. The van der Waals surface area contributed by atoms with Gasteiger partial charge in [-0.05, 0) is 12.1 Å². The van der Waals surface area contributed by atoms with E-state index in [0.717, 1.165) is 18.2 Å². The Hall–Kier alpha value is -2.83. The summed E-state index contributed by atoms with van der Waals surface area (Å²) in [4.78, 5) is 7.29. The number of hydrogen-bond acceptors (Lipinski definition) is 4. The Morgan fingerprint density at radius 1 is 1.05 bits per heavy atom. The van der Waals surface area contributed by atoms with Crippen molar-refractivity contribution in [1.29, 1.82) is 0 Å². The molecule has 1 aromatic heterocycles. The van der Waals surface area contributed by atoms with Crippen LogP contribution in [0, 0.1) is 11.6 Å². The fourth-order valence-corrected chi connectivity index (χ4v) is 2.33. The average Bonchev–Trinajstić information content (AvgIpc) is 2.89. The van der Waals surface area contributed by atoms with Crippen LogP contribution in [0.3, 0.4) is 0 Å². The van der Waals surface area contributed by atoms with E-state index in [2.05, 4.69) is 15.3 Å². The maximum absolute atomic E-state index is 13.6. The van der Waals surface area contributed by atoms with Gasteiger partial charge in [0.05, 0.1) is 16.7 Å². The highest BCUT2D eigenvalue weighted by atomic mass is 19.1. The Morgan fingerprint density at radius 2 is 1.82 bits per heavy atom. The predicted molar refractivity (Wildman–Crippen MR) is 76.7 cm³/mol. The second kappa shape index (κ2) is 4.87. The van der Waals surface area contributed by atoms with Gasteiger partial charge in [-0.2, -0.15) is 0 Å². The summed E-state index contributed by atoms with van der Waals surface area (Å²) in [6.45, 7) is 0.981. The van der Waals surface area contributed by atoms with E-state index in [4.69, 9.17) is 9.47 Å². The van der Waals surface area contributed by atoms with Gasteiger partial charge in [-0.15, -0.1) is 0 Å². The molecule has 0 radical (unpaired) electrons. The largest absolute Gasteiger partial charge is 0.486 e. The number of H-pyrrole nitrogens is 1. The summed E-state index contributed by atoms with van der Waals surface area (Å²) in [5, 5.41) is 2.73. The number of aromatic amines is 1. The minimum Gasteiger partial charge on any atom is -0.486 e. The zero-order chi connectivity index (χ0) is 15.1. The Labute approximate surface area is 123 Å². The summed E-state index contributed by atoms with van der Waals surface area (Å²) in [5.41, 5.74) is 1.36. The lowest BCUT2D eigenvalue weighted by Gasteiger charge is -2.17. The monoisotopic (exact) mass is 303 g/mol. The fraction of sp³-hybridized carbons (Fsp3) is 0.133. The van der Waals surface area contributed by atoms with Crippen LogP contribution in [0.5, 0.6) is 11.5 Å². The summed E-state index contributed by atoms with van der Waals surface area (Å²) in [7, 11) is 0. The number of benzene rings is 2. The van der Waals surface area contributed by atoms with Gasteiger partial charge in [-0.25, -0.2) is 13.8 Å². The first-order chi connectivity index (χ1) is 10.7. The lowest BCUT2D eigenvalue weighted by Crippen LogP contribution is -2.15. The lowest BCUT2D eigenvalue weighted by molar-refractivity contribution is 0.172. The zero-order valence-corrected chi connectivity index (χ0v) is 11.3. The quantitative estimate of drug-likeness (QED) is 0.762. The van der Waals surface area contributed by atoms with Crippen molar-refractivity contribution in [3.63, 3.8) is 0 Å². The molecule has 7 heteroatoms. The Bertz CT molecular complexity index is 820. The van der Waals surface area contributed by atoms with Crippen LogP contribution >= 0.6 is 0 Å². The van der Waals surface area contributed by atoms with Crippen molar-refractivity contribution in [3.05, 3.63) is 42.0 Å². The summed E-state index contributed by atoms with van der Waals surface area (Å²) in [5.74, 6) is 0.464.